The van der Waals surface area contributed by atoms with Crippen LogP contribution in [0.15, 0.2) is 42.5 Å². The number of benzene rings is 2. The van der Waals surface area contributed by atoms with Gasteiger partial charge in [-0.3, -0.25) is 9.59 Å². The minimum Gasteiger partial charge on any atom is -0.343 e. The maximum absolute atomic E-state index is 12.1. The fourth-order valence-electron chi connectivity index (χ4n) is 2.37. The number of rotatable bonds is 5. The molecule has 2 aromatic carbocycles. The summed E-state index contributed by atoms with van der Waals surface area (Å²) in [7, 11) is 0. The molecule has 0 aliphatic rings. The number of nitriles is 1. The molecule has 24 heavy (non-hydrogen) atoms. The highest BCUT2D eigenvalue weighted by atomic mass is 16.2. The van der Waals surface area contributed by atoms with E-state index in [9.17, 15) is 9.59 Å². The van der Waals surface area contributed by atoms with Crippen molar-refractivity contribution in [3.63, 3.8) is 0 Å². The van der Waals surface area contributed by atoms with Gasteiger partial charge in [0, 0.05) is 11.3 Å². The zero-order valence-electron chi connectivity index (χ0n) is 13.7. The van der Waals surface area contributed by atoms with Gasteiger partial charge in [-0.2, -0.15) is 5.26 Å². The highest BCUT2D eigenvalue weighted by Crippen LogP contribution is 2.10. The van der Waals surface area contributed by atoms with E-state index in [0.29, 0.717) is 17.7 Å². The summed E-state index contributed by atoms with van der Waals surface area (Å²) in [6.07, 6.45) is 0.334. The van der Waals surface area contributed by atoms with E-state index in [2.05, 4.69) is 16.7 Å². The van der Waals surface area contributed by atoms with E-state index in [1.54, 1.807) is 36.4 Å². The first-order chi connectivity index (χ1) is 11.5. The van der Waals surface area contributed by atoms with Gasteiger partial charge in [-0.25, -0.2) is 0 Å². The maximum atomic E-state index is 12.1. The summed E-state index contributed by atoms with van der Waals surface area (Å²) >= 11 is 0. The Morgan fingerprint density at radius 3 is 2.25 bits per heavy atom. The number of hydrogen-bond donors (Lipinski definition) is 2. The Bertz CT molecular complexity index is 769. The highest BCUT2D eigenvalue weighted by Gasteiger charge is 2.09. The van der Waals surface area contributed by atoms with Crippen molar-refractivity contribution in [1.29, 1.82) is 5.26 Å². The molecule has 0 spiro atoms. The van der Waals surface area contributed by atoms with Crippen molar-refractivity contribution in [2.45, 2.75) is 20.3 Å². The number of anilines is 1. The molecule has 2 aromatic rings. The summed E-state index contributed by atoms with van der Waals surface area (Å²) < 4.78 is 0. The zero-order valence-corrected chi connectivity index (χ0v) is 13.7. The SMILES string of the molecule is Cc1cc(C)cc(C(=O)NCC(=O)Nc2ccc(CC#N)cc2)c1. The van der Waals surface area contributed by atoms with Gasteiger partial charge in [-0.05, 0) is 43.7 Å². The fraction of sp³-hybridized carbons (Fsp3) is 0.211. The number of carbonyl (C=O) groups is 2. The summed E-state index contributed by atoms with van der Waals surface area (Å²) in [5.41, 5.74) is 4.06. The molecule has 0 saturated heterocycles. The Balaban J connectivity index is 1.88. The molecule has 0 aliphatic heterocycles. The van der Waals surface area contributed by atoms with Crippen LogP contribution in [0.4, 0.5) is 5.69 Å². The average molecular weight is 321 g/mol. The molecule has 0 aliphatic carbocycles. The molecular formula is C19H19N3O2. The molecule has 0 bridgehead atoms. The lowest BCUT2D eigenvalue weighted by Crippen LogP contribution is -2.32. The van der Waals surface area contributed by atoms with Crippen molar-refractivity contribution in [3.05, 3.63) is 64.7 Å². The van der Waals surface area contributed by atoms with Crippen molar-refractivity contribution in [3.8, 4) is 6.07 Å². The van der Waals surface area contributed by atoms with E-state index in [0.717, 1.165) is 16.7 Å². The Morgan fingerprint density at radius 2 is 1.67 bits per heavy atom. The smallest absolute Gasteiger partial charge is 0.251 e. The van der Waals surface area contributed by atoms with E-state index in [1.807, 2.05) is 19.9 Å². The molecule has 5 heteroatoms. The lowest BCUT2D eigenvalue weighted by molar-refractivity contribution is -0.115. The van der Waals surface area contributed by atoms with E-state index < -0.39 is 0 Å². The lowest BCUT2D eigenvalue weighted by atomic mass is 10.1. The van der Waals surface area contributed by atoms with Gasteiger partial charge < -0.3 is 10.6 Å². The predicted molar refractivity (Wildman–Crippen MR) is 92.6 cm³/mol. The number of aryl methyl sites for hydroxylation is 2. The molecule has 2 amide bonds. The number of amides is 2. The molecule has 2 rings (SSSR count). The standard InChI is InChI=1S/C19H19N3O2/c1-13-9-14(2)11-16(10-13)19(24)21-12-18(23)22-17-5-3-15(4-6-17)7-8-20/h3-6,9-11H,7,12H2,1-2H3,(H,21,24)(H,22,23). The normalized spacial score (nSPS) is 9.88. The second kappa shape index (κ2) is 7.93. The minimum atomic E-state index is -0.305. The minimum absolute atomic E-state index is 0.105. The quantitative estimate of drug-likeness (QED) is 0.888. The van der Waals surface area contributed by atoms with Gasteiger partial charge in [0.15, 0.2) is 0 Å². The van der Waals surface area contributed by atoms with Crippen molar-refractivity contribution in [1.82, 2.24) is 5.32 Å². The topological polar surface area (TPSA) is 82.0 Å². The van der Waals surface area contributed by atoms with Gasteiger partial charge in [0.05, 0.1) is 19.0 Å². The van der Waals surface area contributed by atoms with Gasteiger partial charge in [0.1, 0.15) is 0 Å². The van der Waals surface area contributed by atoms with Gasteiger partial charge in [-0.1, -0.05) is 29.3 Å². The molecule has 0 radical (unpaired) electrons. The first-order valence-electron chi connectivity index (χ1n) is 7.60. The summed E-state index contributed by atoms with van der Waals surface area (Å²) in [6, 6.07) is 14.7. The Labute approximate surface area is 141 Å². The van der Waals surface area contributed by atoms with E-state index in [-0.39, 0.29) is 18.4 Å². The van der Waals surface area contributed by atoms with Crippen LogP contribution < -0.4 is 10.6 Å². The van der Waals surface area contributed by atoms with Crippen LogP contribution in [0.3, 0.4) is 0 Å². The third-order valence-corrected chi connectivity index (χ3v) is 3.41. The van der Waals surface area contributed by atoms with Gasteiger partial charge >= 0.3 is 0 Å². The third kappa shape index (κ3) is 4.96. The second-order valence-corrected chi connectivity index (χ2v) is 5.64. The summed E-state index contributed by atoms with van der Waals surface area (Å²) in [5, 5.41) is 13.9. The van der Waals surface area contributed by atoms with Gasteiger partial charge in [0.25, 0.3) is 5.91 Å². The lowest BCUT2D eigenvalue weighted by Gasteiger charge is -2.08. The van der Waals surface area contributed by atoms with Crippen molar-refractivity contribution in [2.24, 2.45) is 0 Å². The summed E-state index contributed by atoms with van der Waals surface area (Å²) in [5.74, 6) is -0.581. The molecule has 0 unspecified atom stereocenters. The average Bonchev–Trinajstić information content (AvgIpc) is 2.54. The van der Waals surface area contributed by atoms with E-state index in [1.165, 1.54) is 0 Å². The molecule has 0 heterocycles. The molecular weight excluding hydrogens is 302 g/mol. The number of nitrogens with zero attached hydrogens (tertiary/aromatic N) is 1. The molecule has 0 aromatic heterocycles. The molecule has 2 N–H and O–H groups in total. The van der Waals surface area contributed by atoms with Gasteiger partial charge in [-0.15, -0.1) is 0 Å². The predicted octanol–water partition coefficient (Wildman–Crippen LogP) is 2.74. The summed E-state index contributed by atoms with van der Waals surface area (Å²) in [6.45, 7) is 3.74. The van der Waals surface area contributed by atoms with Crippen LogP contribution in [-0.2, 0) is 11.2 Å². The first kappa shape index (κ1) is 17.2. The monoisotopic (exact) mass is 321 g/mol. The Kier molecular flexibility index (Phi) is 5.69. The maximum Gasteiger partial charge on any atom is 0.251 e. The molecule has 5 nitrogen and oxygen atoms in total. The van der Waals surface area contributed by atoms with E-state index in [4.69, 9.17) is 5.26 Å². The second-order valence-electron chi connectivity index (χ2n) is 5.64. The van der Waals surface area contributed by atoms with E-state index >= 15 is 0 Å². The zero-order chi connectivity index (χ0) is 17.5. The molecule has 0 saturated carbocycles. The van der Waals surface area contributed by atoms with Gasteiger partial charge in [0.2, 0.25) is 5.91 Å². The Morgan fingerprint density at radius 1 is 1.04 bits per heavy atom. The van der Waals surface area contributed by atoms with Crippen LogP contribution in [0.2, 0.25) is 0 Å². The van der Waals surface area contributed by atoms with Crippen LogP contribution in [0, 0.1) is 25.2 Å². The number of hydrogen-bond acceptors (Lipinski definition) is 3. The van der Waals surface area contributed by atoms with Crippen LogP contribution in [0.1, 0.15) is 27.0 Å². The van der Waals surface area contributed by atoms with Crippen LogP contribution in [0.25, 0.3) is 0 Å². The third-order valence-electron chi connectivity index (χ3n) is 3.41. The van der Waals surface area contributed by atoms with Crippen LogP contribution >= 0.6 is 0 Å². The molecule has 122 valence electrons. The largest absolute Gasteiger partial charge is 0.343 e. The Hall–Kier alpha value is -3.13. The van der Waals surface area contributed by atoms with Crippen molar-refractivity contribution in [2.75, 3.05) is 11.9 Å². The molecule has 0 fully saturated rings. The van der Waals surface area contributed by atoms with Crippen molar-refractivity contribution >= 4 is 17.5 Å². The highest BCUT2D eigenvalue weighted by molar-refractivity contribution is 5.99. The van der Waals surface area contributed by atoms with Crippen molar-refractivity contribution < 1.29 is 9.59 Å². The number of nitrogens with one attached hydrogen (secondary N) is 2. The van der Waals surface area contributed by atoms with Crippen LogP contribution in [0.5, 0.6) is 0 Å². The molecule has 0 atom stereocenters. The fourth-order valence-corrected chi connectivity index (χ4v) is 2.37. The summed E-state index contributed by atoms with van der Waals surface area (Å²) in [4.78, 5) is 24.0. The number of carbonyl (C=O) groups excluding carboxylic acids is 2. The van der Waals surface area contributed by atoms with Crippen LogP contribution in [-0.4, -0.2) is 18.4 Å². The first-order valence-corrected chi connectivity index (χ1v) is 7.60.